The summed E-state index contributed by atoms with van der Waals surface area (Å²) in [6, 6.07) is 5.71. The Morgan fingerprint density at radius 2 is 2.26 bits per heavy atom. The number of ether oxygens (including phenoxy) is 2. The van der Waals surface area contributed by atoms with Crippen molar-refractivity contribution in [1.29, 1.82) is 5.26 Å². The van der Waals surface area contributed by atoms with Gasteiger partial charge in [-0.25, -0.2) is 4.98 Å². The molecular weight excluding hydrogens is 340 g/mol. The highest BCUT2D eigenvalue weighted by molar-refractivity contribution is 5.39. The molecule has 6 heteroatoms. The Bertz CT molecular complexity index is 626. The monoisotopic (exact) mass is 372 g/mol. The molecule has 0 saturated carbocycles. The summed E-state index contributed by atoms with van der Waals surface area (Å²) in [6.45, 7) is 9.88. The second-order valence-corrected chi connectivity index (χ2v) is 7.86. The molecule has 2 aliphatic rings. The molecular formula is C21H32N4O2. The third-order valence-corrected chi connectivity index (χ3v) is 5.84. The molecule has 2 fully saturated rings. The maximum atomic E-state index is 8.86. The minimum Gasteiger partial charge on any atom is -0.377 e. The molecule has 0 amide bonds. The molecule has 2 aliphatic heterocycles. The number of nitrogens with zero attached hydrogens (tertiary/aromatic N) is 3. The SMILES string of the molecule is CCC(CC)CN1CCOC[C@@]2(CC[C@H](CNc3ccc(C#N)cn3)O2)C1. The van der Waals surface area contributed by atoms with Crippen molar-refractivity contribution in [1.82, 2.24) is 9.88 Å². The van der Waals surface area contributed by atoms with Crippen LogP contribution in [0.4, 0.5) is 5.82 Å². The van der Waals surface area contributed by atoms with Gasteiger partial charge in [-0.2, -0.15) is 5.26 Å². The quantitative estimate of drug-likeness (QED) is 0.793. The Hall–Kier alpha value is -1.68. The van der Waals surface area contributed by atoms with Crippen LogP contribution in [0.2, 0.25) is 0 Å². The van der Waals surface area contributed by atoms with Crippen LogP contribution in [-0.4, -0.2) is 61.0 Å². The molecule has 0 bridgehead atoms. The molecule has 1 N–H and O–H groups in total. The van der Waals surface area contributed by atoms with Gasteiger partial charge >= 0.3 is 0 Å². The Morgan fingerprint density at radius 1 is 1.41 bits per heavy atom. The predicted octanol–water partition coefficient (Wildman–Crippen LogP) is 3.05. The number of anilines is 1. The van der Waals surface area contributed by atoms with E-state index in [0.717, 1.165) is 57.4 Å². The lowest BCUT2D eigenvalue weighted by atomic mass is 9.98. The van der Waals surface area contributed by atoms with Crippen molar-refractivity contribution in [3.8, 4) is 6.07 Å². The molecule has 6 nitrogen and oxygen atoms in total. The van der Waals surface area contributed by atoms with Gasteiger partial charge in [-0.05, 0) is 30.9 Å². The molecule has 148 valence electrons. The molecule has 1 aromatic rings. The van der Waals surface area contributed by atoms with Gasteiger partial charge in [0.1, 0.15) is 17.5 Å². The first-order valence-electron chi connectivity index (χ1n) is 10.2. The molecule has 0 aromatic carbocycles. The first-order chi connectivity index (χ1) is 13.2. The number of rotatable bonds is 7. The van der Waals surface area contributed by atoms with Gasteiger partial charge < -0.3 is 14.8 Å². The average molecular weight is 373 g/mol. The number of hydrogen-bond acceptors (Lipinski definition) is 6. The summed E-state index contributed by atoms with van der Waals surface area (Å²) in [5, 5.41) is 12.2. The molecule has 0 radical (unpaired) electrons. The Labute approximate surface area is 162 Å². The third-order valence-electron chi connectivity index (χ3n) is 5.84. The fraction of sp³-hybridized carbons (Fsp3) is 0.714. The van der Waals surface area contributed by atoms with E-state index in [1.807, 2.05) is 6.07 Å². The highest BCUT2D eigenvalue weighted by Crippen LogP contribution is 2.33. The van der Waals surface area contributed by atoms with Gasteiger partial charge in [0.15, 0.2) is 0 Å². The van der Waals surface area contributed by atoms with E-state index in [9.17, 15) is 0 Å². The fourth-order valence-corrected chi connectivity index (χ4v) is 4.10. The van der Waals surface area contributed by atoms with Crippen LogP contribution in [0.25, 0.3) is 0 Å². The minimum atomic E-state index is -0.174. The van der Waals surface area contributed by atoms with E-state index in [1.54, 1.807) is 12.3 Å². The summed E-state index contributed by atoms with van der Waals surface area (Å²) in [7, 11) is 0. The Morgan fingerprint density at radius 3 is 2.96 bits per heavy atom. The zero-order valence-electron chi connectivity index (χ0n) is 16.6. The van der Waals surface area contributed by atoms with E-state index in [2.05, 4.69) is 35.1 Å². The van der Waals surface area contributed by atoms with Crippen molar-refractivity contribution in [3.05, 3.63) is 23.9 Å². The fourth-order valence-electron chi connectivity index (χ4n) is 4.10. The second kappa shape index (κ2) is 9.50. The lowest BCUT2D eigenvalue weighted by Gasteiger charge is -2.33. The van der Waals surface area contributed by atoms with Gasteiger partial charge in [0, 0.05) is 32.4 Å². The largest absolute Gasteiger partial charge is 0.377 e. The molecule has 1 aromatic heterocycles. The number of hydrogen-bond donors (Lipinski definition) is 1. The van der Waals surface area contributed by atoms with Gasteiger partial charge in [-0.3, -0.25) is 4.90 Å². The molecule has 0 unspecified atom stereocenters. The molecule has 27 heavy (non-hydrogen) atoms. The summed E-state index contributed by atoms with van der Waals surface area (Å²) in [6.07, 6.45) is 6.29. The van der Waals surface area contributed by atoms with E-state index < -0.39 is 0 Å². The van der Waals surface area contributed by atoms with Crippen LogP contribution in [-0.2, 0) is 9.47 Å². The number of nitrogens with one attached hydrogen (secondary N) is 1. The van der Waals surface area contributed by atoms with Crippen molar-refractivity contribution < 1.29 is 9.47 Å². The lowest BCUT2D eigenvalue weighted by Crippen LogP contribution is -2.46. The lowest BCUT2D eigenvalue weighted by molar-refractivity contribution is -0.0828. The van der Waals surface area contributed by atoms with Crippen LogP contribution in [0, 0.1) is 17.2 Å². The summed E-state index contributed by atoms with van der Waals surface area (Å²) >= 11 is 0. The topological polar surface area (TPSA) is 70.4 Å². The van der Waals surface area contributed by atoms with Crippen molar-refractivity contribution in [2.45, 2.75) is 51.2 Å². The van der Waals surface area contributed by atoms with E-state index in [-0.39, 0.29) is 11.7 Å². The minimum absolute atomic E-state index is 0.166. The van der Waals surface area contributed by atoms with Gasteiger partial charge in [-0.1, -0.05) is 26.7 Å². The molecule has 2 atom stereocenters. The highest BCUT2D eigenvalue weighted by Gasteiger charge is 2.43. The Balaban J connectivity index is 1.53. The van der Waals surface area contributed by atoms with Gasteiger partial charge in [0.05, 0.1) is 24.9 Å². The van der Waals surface area contributed by atoms with Crippen molar-refractivity contribution in [2.75, 3.05) is 44.7 Å². The van der Waals surface area contributed by atoms with E-state index in [4.69, 9.17) is 14.7 Å². The van der Waals surface area contributed by atoms with Crippen molar-refractivity contribution in [3.63, 3.8) is 0 Å². The van der Waals surface area contributed by atoms with Crippen LogP contribution in [0.3, 0.4) is 0 Å². The second-order valence-electron chi connectivity index (χ2n) is 7.86. The van der Waals surface area contributed by atoms with Crippen LogP contribution in [0.5, 0.6) is 0 Å². The maximum Gasteiger partial charge on any atom is 0.126 e. The highest BCUT2D eigenvalue weighted by atomic mass is 16.6. The molecule has 1 spiro atoms. The Kier molecular flexibility index (Phi) is 7.06. The van der Waals surface area contributed by atoms with Crippen molar-refractivity contribution >= 4 is 5.82 Å². The number of aromatic nitrogens is 1. The van der Waals surface area contributed by atoms with E-state index in [0.29, 0.717) is 12.2 Å². The number of nitriles is 1. The van der Waals surface area contributed by atoms with Crippen LogP contribution in [0.1, 0.15) is 45.1 Å². The van der Waals surface area contributed by atoms with Crippen LogP contribution in [0.15, 0.2) is 18.3 Å². The zero-order valence-corrected chi connectivity index (χ0v) is 16.6. The molecule has 3 heterocycles. The maximum absolute atomic E-state index is 8.86. The normalized spacial score (nSPS) is 26.2. The summed E-state index contributed by atoms with van der Waals surface area (Å²) < 4.78 is 12.4. The number of pyridine rings is 1. The van der Waals surface area contributed by atoms with Crippen LogP contribution < -0.4 is 5.32 Å². The average Bonchev–Trinajstić information content (AvgIpc) is 2.99. The molecule has 2 saturated heterocycles. The summed E-state index contributed by atoms with van der Waals surface area (Å²) in [5.41, 5.74) is 0.400. The van der Waals surface area contributed by atoms with E-state index in [1.165, 1.54) is 12.8 Å². The first kappa shape index (κ1) is 20.1. The van der Waals surface area contributed by atoms with Crippen molar-refractivity contribution in [2.24, 2.45) is 5.92 Å². The van der Waals surface area contributed by atoms with Crippen LogP contribution >= 0.6 is 0 Å². The van der Waals surface area contributed by atoms with Gasteiger partial charge in [0.2, 0.25) is 0 Å². The van der Waals surface area contributed by atoms with Gasteiger partial charge in [0.25, 0.3) is 0 Å². The summed E-state index contributed by atoms with van der Waals surface area (Å²) in [5.74, 6) is 1.53. The third kappa shape index (κ3) is 5.41. The van der Waals surface area contributed by atoms with E-state index >= 15 is 0 Å². The molecule has 0 aliphatic carbocycles. The zero-order chi connectivity index (χ0) is 19.1. The summed E-state index contributed by atoms with van der Waals surface area (Å²) in [4.78, 5) is 6.82. The smallest absolute Gasteiger partial charge is 0.126 e. The first-order valence-corrected chi connectivity index (χ1v) is 10.2. The van der Waals surface area contributed by atoms with Gasteiger partial charge in [-0.15, -0.1) is 0 Å². The predicted molar refractivity (Wildman–Crippen MR) is 106 cm³/mol. The molecule has 3 rings (SSSR count). The standard InChI is InChI=1S/C21H32N4O2/c1-3-17(4-2)14-25-9-10-26-16-21(15-25)8-7-19(27-21)13-24-20-6-5-18(11-22)12-23-20/h5-6,12,17,19H,3-4,7-10,13-16H2,1-2H3,(H,23,24)/t19-,21-/m1/s1.